The first-order valence-corrected chi connectivity index (χ1v) is 6.07. The lowest BCUT2D eigenvalue weighted by Crippen LogP contribution is -2.22. The molecule has 0 amide bonds. The van der Waals surface area contributed by atoms with Gasteiger partial charge in [-0.05, 0) is 31.2 Å². The lowest BCUT2D eigenvalue weighted by atomic mass is 10.1. The van der Waals surface area contributed by atoms with Crippen LogP contribution >= 0.6 is 0 Å². The van der Waals surface area contributed by atoms with Gasteiger partial charge in [-0.1, -0.05) is 25.1 Å². The first-order chi connectivity index (χ1) is 7.59. The van der Waals surface area contributed by atoms with Crippen molar-refractivity contribution in [3.8, 4) is 0 Å². The van der Waals surface area contributed by atoms with Crippen LogP contribution in [0.25, 0.3) is 0 Å². The molecule has 16 heavy (non-hydrogen) atoms. The van der Waals surface area contributed by atoms with Crippen molar-refractivity contribution in [3.05, 3.63) is 29.8 Å². The third-order valence-corrected chi connectivity index (χ3v) is 3.58. The minimum absolute atomic E-state index is 0.393. The molecule has 0 bridgehead atoms. The van der Waals surface area contributed by atoms with Crippen molar-refractivity contribution in [2.45, 2.75) is 26.4 Å². The van der Waals surface area contributed by atoms with Gasteiger partial charge in [0.05, 0.1) is 6.10 Å². The molecule has 1 aromatic rings. The number of hydrogen-bond acceptors (Lipinski definition) is 2. The number of para-hydroxylation sites is 1. The van der Waals surface area contributed by atoms with Gasteiger partial charge in [-0.3, -0.25) is 0 Å². The van der Waals surface area contributed by atoms with Crippen molar-refractivity contribution in [2.24, 2.45) is 11.8 Å². The second kappa shape index (κ2) is 4.46. The highest BCUT2D eigenvalue weighted by Gasteiger charge is 2.33. The van der Waals surface area contributed by atoms with E-state index in [1.165, 1.54) is 6.42 Å². The summed E-state index contributed by atoms with van der Waals surface area (Å²) in [4.78, 5) is 2.27. The Hall–Kier alpha value is -1.02. The first-order valence-electron chi connectivity index (χ1n) is 6.07. The highest BCUT2D eigenvalue weighted by molar-refractivity contribution is 5.54. The maximum absolute atomic E-state index is 9.73. The van der Waals surface area contributed by atoms with Gasteiger partial charge in [0.2, 0.25) is 0 Å². The Morgan fingerprint density at radius 1 is 1.44 bits per heavy atom. The number of benzene rings is 1. The zero-order valence-electron chi connectivity index (χ0n) is 10.4. The molecule has 0 aromatic heterocycles. The fourth-order valence-electron chi connectivity index (χ4n) is 2.29. The highest BCUT2D eigenvalue weighted by Crippen LogP contribution is 2.39. The molecule has 0 radical (unpaired) electrons. The van der Waals surface area contributed by atoms with Crippen LogP contribution in [0, 0.1) is 11.8 Å². The summed E-state index contributed by atoms with van der Waals surface area (Å²) in [6.07, 6.45) is 0.955. The molecule has 1 N–H and O–H groups in total. The maximum Gasteiger partial charge on any atom is 0.0781 e. The smallest absolute Gasteiger partial charge is 0.0781 e. The Morgan fingerprint density at radius 3 is 2.62 bits per heavy atom. The van der Waals surface area contributed by atoms with Crippen molar-refractivity contribution in [1.29, 1.82) is 0 Å². The van der Waals surface area contributed by atoms with Crippen LogP contribution in [0.3, 0.4) is 0 Å². The Labute approximate surface area is 97.9 Å². The van der Waals surface area contributed by atoms with E-state index >= 15 is 0 Å². The first kappa shape index (κ1) is 11.5. The molecule has 2 heteroatoms. The van der Waals surface area contributed by atoms with Gasteiger partial charge in [0.15, 0.2) is 0 Å². The third-order valence-electron chi connectivity index (χ3n) is 3.58. The van der Waals surface area contributed by atoms with E-state index in [9.17, 15) is 5.11 Å². The zero-order valence-corrected chi connectivity index (χ0v) is 10.4. The molecule has 88 valence electrons. The van der Waals surface area contributed by atoms with E-state index in [0.29, 0.717) is 0 Å². The molecule has 2 nitrogen and oxygen atoms in total. The fourth-order valence-corrected chi connectivity index (χ4v) is 2.29. The summed E-state index contributed by atoms with van der Waals surface area (Å²) >= 11 is 0. The van der Waals surface area contributed by atoms with Gasteiger partial charge < -0.3 is 10.0 Å². The van der Waals surface area contributed by atoms with Crippen molar-refractivity contribution in [1.82, 2.24) is 0 Å². The summed E-state index contributed by atoms with van der Waals surface area (Å²) in [6, 6.07) is 8.12. The highest BCUT2D eigenvalue weighted by atomic mass is 16.3. The Bertz CT molecular complexity index is 362. The Morgan fingerprint density at radius 2 is 2.06 bits per heavy atom. The van der Waals surface area contributed by atoms with Gasteiger partial charge in [0.1, 0.15) is 0 Å². The number of hydrogen-bond donors (Lipinski definition) is 1. The largest absolute Gasteiger partial charge is 0.389 e. The summed E-state index contributed by atoms with van der Waals surface area (Å²) in [6.45, 7) is 5.23. The second-order valence-electron chi connectivity index (χ2n) is 5.09. The van der Waals surface area contributed by atoms with Crippen LogP contribution in [-0.2, 0) is 0 Å². The van der Waals surface area contributed by atoms with E-state index in [1.807, 2.05) is 25.1 Å². The van der Waals surface area contributed by atoms with Crippen LogP contribution in [-0.4, -0.2) is 18.7 Å². The average molecular weight is 219 g/mol. The Balaban J connectivity index is 2.12. The maximum atomic E-state index is 9.73. The average Bonchev–Trinajstić information content (AvgIpc) is 2.94. The van der Waals surface area contributed by atoms with Crippen molar-refractivity contribution in [2.75, 3.05) is 18.5 Å². The number of anilines is 1. The molecule has 1 aliphatic rings. The number of rotatable bonds is 4. The molecule has 2 unspecified atom stereocenters. The summed E-state index contributed by atoms with van der Waals surface area (Å²) in [5, 5.41) is 9.73. The van der Waals surface area contributed by atoms with Crippen LogP contribution in [0.4, 0.5) is 5.69 Å². The topological polar surface area (TPSA) is 23.5 Å². The van der Waals surface area contributed by atoms with Crippen molar-refractivity contribution < 1.29 is 5.11 Å². The molecule has 1 aromatic carbocycles. The summed E-state index contributed by atoms with van der Waals surface area (Å²) in [5.41, 5.74) is 2.19. The van der Waals surface area contributed by atoms with E-state index in [2.05, 4.69) is 24.9 Å². The monoisotopic (exact) mass is 219 g/mol. The summed E-state index contributed by atoms with van der Waals surface area (Å²) in [7, 11) is 2.12. The fraction of sp³-hybridized carbons (Fsp3) is 0.571. The van der Waals surface area contributed by atoms with E-state index in [4.69, 9.17) is 0 Å². The van der Waals surface area contributed by atoms with E-state index in [1.54, 1.807) is 0 Å². The minimum atomic E-state index is -0.393. The number of aliphatic hydroxyl groups excluding tert-OH is 1. The summed E-state index contributed by atoms with van der Waals surface area (Å²) < 4.78 is 0. The molecular weight excluding hydrogens is 198 g/mol. The zero-order chi connectivity index (χ0) is 11.7. The number of nitrogens with zero attached hydrogens (tertiary/aromatic N) is 1. The molecular formula is C14H21NO. The normalized spacial score (nSPS) is 25.2. The van der Waals surface area contributed by atoms with E-state index in [0.717, 1.165) is 29.6 Å². The van der Waals surface area contributed by atoms with Crippen LogP contribution in [0.2, 0.25) is 0 Å². The van der Waals surface area contributed by atoms with Crippen LogP contribution in [0.5, 0.6) is 0 Å². The predicted molar refractivity (Wildman–Crippen MR) is 67.6 cm³/mol. The molecule has 2 rings (SSSR count). The van der Waals surface area contributed by atoms with Crippen LogP contribution in [0.15, 0.2) is 24.3 Å². The lowest BCUT2D eigenvalue weighted by molar-refractivity contribution is 0.199. The Kier molecular flexibility index (Phi) is 3.20. The molecule has 1 fully saturated rings. The lowest BCUT2D eigenvalue weighted by Gasteiger charge is -2.23. The van der Waals surface area contributed by atoms with Crippen LogP contribution in [0.1, 0.15) is 31.9 Å². The predicted octanol–water partition coefficient (Wildman–Crippen LogP) is 2.83. The molecule has 0 spiro atoms. The quantitative estimate of drug-likeness (QED) is 0.841. The minimum Gasteiger partial charge on any atom is -0.389 e. The van der Waals surface area contributed by atoms with E-state index < -0.39 is 6.10 Å². The van der Waals surface area contributed by atoms with Gasteiger partial charge in [0, 0.05) is 24.8 Å². The second-order valence-corrected chi connectivity index (χ2v) is 5.09. The van der Waals surface area contributed by atoms with Gasteiger partial charge in [0.25, 0.3) is 0 Å². The third kappa shape index (κ3) is 2.38. The standard InChI is InChI=1S/C14H21NO/c1-10-8-12(10)9-15(3)14-7-5-4-6-13(14)11(2)16/h4-7,10-12,16H,8-9H2,1-3H3/t10?,11-,12?/m1/s1. The molecule has 0 saturated heterocycles. The number of aliphatic hydroxyl groups is 1. The SMILES string of the molecule is CC1CC1CN(C)c1ccccc1[C@@H](C)O. The van der Waals surface area contributed by atoms with Gasteiger partial charge >= 0.3 is 0 Å². The van der Waals surface area contributed by atoms with Gasteiger partial charge in [-0.25, -0.2) is 0 Å². The van der Waals surface area contributed by atoms with E-state index in [-0.39, 0.29) is 0 Å². The van der Waals surface area contributed by atoms with Crippen molar-refractivity contribution in [3.63, 3.8) is 0 Å². The summed E-state index contributed by atoms with van der Waals surface area (Å²) in [5.74, 6) is 1.72. The molecule has 0 aliphatic heterocycles. The molecule has 3 atom stereocenters. The molecule has 1 aliphatic carbocycles. The molecule has 1 saturated carbocycles. The van der Waals surface area contributed by atoms with Gasteiger partial charge in [-0.2, -0.15) is 0 Å². The van der Waals surface area contributed by atoms with Crippen molar-refractivity contribution >= 4 is 5.69 Å². The molecule has 0 heterocycles. The van der Waals surface area contributed by atoms with Gasteiger partial charge in [-0.15, -0.1) is 0 Å². The van der Waals surface area contributed by atoms with Crippen LogP contribution < -0.4 is 4.90 Å².